The summed E-state index contributed by atoms with van der Waals surface area (Å²) < 4.78 is 2.00. The van der Waals surface area contributed by atoms with Crippen LogP contribution in [0.2, 0.25) is 0 Å². The summed E-state index contributed by atoms with van der Waals surface area (Å²) in [5.74, 6) is 0.00461. The molecule has 0 spiro atoms. The molecular weight excluding hydrogens is 344 g/mol. The van der Waals surface area contributed by atoms with Crippen molar-refractivity contribution in [3.8, 4) is 6.07 Å². The van der Waals surface area contributed by atoms with Crippen LogP contribution < -0.4 is 5.32 Å². The summed E-state index contributed by atoms with van der Waals surface area (Å²) in [7, 11) is 0. The second-order valence-electron chi connectivity index (χ2n) is 6.53. The highest BCUT2D eigenvalue weighted by atomic mass is 32.2. The minimum Gasteiger partial charge on any atom is -0.353 e. The summed E-state index contributed by atoms with van der Waals surface area (Å²) in [5, 5.41) is 13.3. The molecule has 3 aromatic rings. The highest BCUT2D eigenvalue weighted by Crippen LogP contribution is 2.32. The van der Waals surface area contributed by atoms with Crippen molar-refractivity contribution in [2.24, 2.45) is 0 Å². The first-order valence-corrected chi connectivity index (χ1v) is 9.64. The van der Waals surface area contributed by atoms with Gasteiger partial charge in [-0.3, -0.25) is 9.20 Å². The Labute approximate surface area is 157 Å². The van der Waals surface area contributed by atoms with Crippen LogP contribution in [-0.2, 0) is 11.2 Å². The van der Waals surface area contributed by atoms with Gasteiger partial charge in [-0.2, -0.15) is 5.26 Å². The SMILES string of the molecule is CCc1cc(S[C@H](C)C(=O)NC(C)C)n2c(nc3ccccc32)c1C#N. The Morgan fingerprint density at radius 3 is 2.73 bits per heavy atom. The van der Waals surface area contributed by atoms with E-state index in [4.69, 9.17) is 0 Å². The molecule has 1 atom stereocenters. The molecular formula is C20H22N4OS. The van der Waals surface area contributed by atoms with E-state index >= 15 is 0 Å². The van der Waals surface area contributed by atoms with Crippen LogP contribution in [0.25, 0.3) is 16.7 Å². The summed E-state index contributed by atoms with van der Waals surface area (Å²) in [6, 6.07) is 12.3. The molecule has 0 aliphatic rings. The van der Waals surface area contributed by atoms with Crippen molar-refractivity contribution in [1.29, 1.82) is 5.26 Å². The molecule has 0 radical (unpaired) electrons. The third-order valence-electron chi connectivity index (χ3n) is 4.21. The molecule has 1 aromatic carbocycles. The van der Waals surface area contributed by atoms with Gasteiger partial charge in [0.1, 0.15) is 6.07 Å². The van der Waals surface area contributed by atoms with Gasteiger partial charge in [-0.15, -0.1) is 0 Å². The van der Waals surface area contributed by atoms with Crippen molar-refractivity contribution in [3.63, 3.8) is 0 Å². The van der Waals surface area contributed by atoms with E-state index in [1.54, 1.807) is 0 Å². The Morgan fingerprint density at radius 2 is 2.08 bits per heavy atom. The van der Waals surface area contributed by atoms with Crippen molar-refractivity contribution in [3.05, 3.63) is 41.5 Å². The molecule has 6 heteroatoms. The summed E-state index contributed by atoms with van der Waals surface area (Å²) in [6.45, 7) is 7.83. The Morgan fingerprint density at radius 1 is 1.35 bits per heavy atom. The minimum absolute atomic E-state index is 0.00461. The number of nitriles is 1. The quantitative estimate of drug-likeness (QED) is 0.695. The van der Waals surface area contributed by atoms with Crippen LogP contribution in [-0.4, -0.2) is 26.6 Å². The summed E-state index contributed by atoms with van der Waals surface area (Å²) in [5.41, 5.74) is 4.01. The van der Waals surface area contributed by atoms with Crippen molar-refractivity contribution in [2.45, 2.75) is 50.4 Å². The lowest BCUT2D eigenvalue weighted by Crippen LogP contribution is -2.35. The zero-order valence-corrected chi connectivity index (χ0v) is 16.2. The lowest BCUT2D eigenvalue weighted by molar-refractivity contribution is -0.120. The number of imidazole rings is 1. The third kappa shape index (κ3) is 3.27. The summed E-state index contributed by atoms with van der Waals surface area (Å²) in [4.78, 5) is 17.0. The van der Waals surface area contributed by atoms with Gasteiger partial charge in [0.2, 0.25) is 5.91 Å². The second-order valence-corrected chi connectivity index (χ2v) is 7.89. The Bertz CT molecular complexity index is 1020. The van der Waals surface area contributed by atoms with E-state index in [0.717, 1.165) is 28.0 Å². The average molecular weight is 366 g/mol. The van der Waals surface area contributed by atoms with E-state index in [0.29, 0.717) is 11.2 Å². The number of hydrogen-bond donors (Lipinski definition) is 1. The van der Waals surface area contributed by atoms with Gasteiger partial charge in [0, 0.05) is 6.04 Å². The molecule has 2 heterocycles. The monoisotopic (exact) mass is 366 g/mol. The molecule has 0 saturated heterocycles. The van der Waals surface area contributed by atoms with Crippen molar-refractivity contribution in [2.75, 3.05) is 0 Å². The van der Waals surface area contributed by atoms with Gasteiger partial charge in [-0.1, -0.05) is 30.8 Å². The smallest absolute Gasteiger partial charge is 0.233 e. The van der Waals surface area contributed by atoms with Crippen LogP contribution >= 0.6 is 11.8 Å². The van der Waals surface area contributed by atoms with Crippen LogP contribution in [0.4, 0.5) is 0 Å². The maximum absolute atomic E-state index is 12.4. The van der Waals surface area contributed by atoms with E-state index in [1.165, 1.54) is 11.8 Å². The Kier molecular flexibility index (Phi) is 5.19. The lowest BCUT2D eigenvalue weighted by Gasteiger charge is -2.16. The predicted molar refractivity (Wildman–Crippen MR) is 105 cm³/mol. The largest absolute Gasteiger partial charge is 0.353 e. The molecule has 26 heavy (non-hydrogen) atoms. The predicted octanol–water partition coefficient (Wildman–Crippen LogP) is 3.93. The number of para-hydroxylation sites is 2. The number of nitrogens with one attached hydrogen (secondary N) is 1. The van der Waals surface area contributed by atoms with Gasteiger partial charge in [-0.05, 0) is 51.0 Å². The van der Waals surface area contributed by atoms with E-state index in [-0.39, 0.29) is 17.2 Å². The molecule has 1 amide bonds. The Hall–Kier alpha value is -2.52. The van der Waals surface area contributed by atoms with Gasteiger partial charge < -0.3 is 5.32 Å². The van der Waals surface area contributed by atoms with E-state index < -0.39 is 0 Å². The molecule has 0 aliphatic heterocycles. The van der Waals surface area contributed by atoms with Crippen molar-refractivity contribution in [1.82, 2.24) is 14.7 Å². The number of amides is 1. The lowest BCUT2D eigenvalue weighted by atomic mass is 10.1. The second kappa shape index (κ2) is 7.38. The first kappa shape index (κ1) is 18.3. The van der Waals surface area contributed by atoms with Crippen LogP contribution in [0.1, 0.15) is 38.8 Å². The fourth-order valence-electron chi connectivity index (χ4n) is 2.97. The number of aryl methyl sites for hydroxylation is 1. The van der Waals surface area contributed by atoms with Crippen LogP contribution in [0.15, 0.2) is 35.4 Å². The molecule has 0 fully saturated rings. The number of fused-ring (bicyclic) bond motifs is 3. The number of nitrogens with zero attached hydrogens (tertiary/aromatic N) is 3. The van der Waals surface area contributed by atoms with E-state index in [9.17, 15) is 10.1 Å². The Balaban J connectivity index is 2.18. The maximum atomic E-state index is 12.4. The van der Waals surface area contributed by atoms with Crippen LogP contribution in [0, 0.1) is 11.3 Å². The van der Waals surface area contributed by atoms with Crippen LogP contribution in [0.5, 0.6) is 0 Å². The fourth-order valence-corrected chi connectivity index (χ4v) is 4.01. The number of carbonyl (C=O) groups excluding carboxylic acids is 1. The fraction of sp³-hybridized carbons (Fsp3) is 0.350. The van der Waals surface area contributed by atoms with Crippen molar-refractivity contribution >= 4 is 34.3 Å². The van der Waals surface area contributed by atoms with Crippen molar-refractivity contribution < 1.29 is 4.79 Å². The molecule has 0 unspecified atom stereocenters. The number of aromatic nitrogens is 2. The number of pyridine rings is 1. The van der Waals surface area contributed by atoms with Gasteiger partial charge in [0.15, 0.2) is 5.65 Å². The molecule has 1 N–H and O–H groups in total. The zero-order valence-electron chi connectivity index (χ0n) is 15.4. The highest BCUT2D eigenvalue weighted by Gasteiger charge is 2.21. The zero-order chi connectivity index (χ0) is 18.8. The standard InChI is InChI=1S/C20H22N4OS/c1-5-14-10-18(26-13(4)20(25)22-12(2)3)24-17-9-7-6-8-16(17)23-19(24)15(14)11-21/h6-10,12-13H,5H2,1-4H3,(H,22,25)/t13-/m1/s1. The molecule has 134 valence electrons. The summed E-state index contributed by atoms with van der Waals surface area (Å²) >= 11 is 1.49. The van der Waals surface area contributed by atoms with Gasteiger partial charge in [-0.25, -0.2) is 4.98 Å². The topological polar surface area (TPSA) is 70.2 Å². The molecule has 0 bridgehead atoms. The third-order valence-corrected chi connectivity index (χ3v) is 5.32. The number of rotatable bonds is 5. The maximum Gasteiger partial charge on any atom is 0.233 e. The van der Waals surface area contributed by atoms with Gasteiger partial charge >= 0.3 is 0 Å². The molecule has 5 nitrogen and oxygen atoms in total. The van der Waals surface area contributed by atoms with Crippen LogP contribution in [0.3, 0.4) is 0 Å². The number of hydrogen-bond acceptors (Lipinski definition) is 4. The van der Waals surface area contributed by atoms with E-state index in [2.05, 4.69) is 16.4 Å². The average Bonchev–Trinajstić information content (AvgIpc) is 3.00. The normalized spacial score (nSPS) is 12.5. The van der Waals surface area contributed by atoms with E-state index in [1.807, 2.05) is 62.4 Å². The van der Waals surface area contributed by atoms with Gasteiger partial charge in [0.25, 0.3) is 0 Å². The molecule has 0 saturated carbocycles. The minimum atomic E-state index is -0.251. The number of benzene rings is 1. The molecule has 0 aliphatic carbocycles. The molecule has 3 rings (SSSR count). The van der Waals surface area contributed by atoms with Gasteiger partial charge in [0.05, 0.1) is 26.9 Å². The number of thioether (sulfide) groups is 1. The first-order valence-electron chi connectivity index (χ1n) is 8.76. The number of carbonyl (C=O) groups is 1. The highest BCUT2D eigenvalue weighted by molar-refractivity contribution is 8.00. The molecule has 2 aromatic heterocycles. The summed E-state index contributed by atoms with van der Waals surface area (Å²) in [6.07, 6.45) is 0.739. The first-order chi connectivity index (χ1) is 12.5.